The van der Waals surface area contributed by atoms with Crippen molar-refractivity contribution < 1.29 is 9.53 Å². The van der Waals surface area contributed by atoms with Crippen molar-refractivity contribution in [3.63, 3.8) is 0 Å². The smallest absolute Gasteiger partial charge is 0.259 e. The molecule has 98 valence electrons. The Kier molecular flexibility index (Phi) is 3.87. The number of fused-ring (bicyclic) bond motifs is 1. The molecule has 0 spiro atoms. The van der Waals surface area contributed by atoms with Crippen LogP contribution in [-0.2, 0) is 11.2 Å². The van der Waals surface area contributed by atoms with Crippen molar-refractivity contribution in [2.75, 3.05) is 20.7 Å². The van der Waals surface area contributed by atoms with Crippen molar-refractivity contribution in [3.8, 4) is 5.75 Å². The first-order valence-electron chi connectivity index (χ1n) is 6.30. The summed E-state index contributed by atoms with van der Waals surface area (Å²) in [6.45, 7) is 0.0820. The molecular weight excluding hydrogens is 228 g/mol. The summed E-state index contributed by atoms with van der Waals surface area (Å²) >= 11 is 0. The van der Waals surface area contributed by atoms with E-state index in [-0.39, 0.29) is 18.6 Å². The summed E-state index contributed by atoms with van der Waals surface area (Å²) in [6.07, 6.45) is 3.08. The summed E-state index contributed by atoms with van der Waals surface area (Å²) in [7, 11) is 3.45. The molecule has 1 aromatic carbocycles. The molecule has 1 atom stereocenters. The van der Waals surface area contributed by atoms with Gasteiger partial charge in [-0.1, -0.05) is 12.1 Å². The molecule has 4 nitrogen and oxygen atoms in total. The number of ether oxygens (including phenoxy) is 1. The third kappa shape index (κ3) is 2.64. The maximum absolute atomic E-state index is 11.5. The normalized spacial score (nSPS) is 18.1. The quantitative estimate of drug-likeness (QED) is 0.881. The minimum atomic E-state index is -0.0345. The summed E-state index contributed by atoms with van der Waals surface area (Å²) in [5, 5.41) is 0. The molecule has 0 aromatic heterocycles. The van der Waals surface area contributed by atoms with Gasteiger partial charge in [0.15, 0.2) is 6.61 Å². The summed E-state index contributed by atoms with van der Waals surface area (Å²) in [5.74, 6) is 0.769. The van der Waals surface area contributed by atoms with Crippen LogP contribution in [-0.4, -0.2) is 31.5 Å². The van der Waals surface area contributed by atoms with Crippen LogP contribution in [0.25, 0.3) is 0 Å². The van der Waals surface area contributed by atoms with E-state index in [1.54, 1.807) is 14.1 Å². The molecule has 0 radical (unpaired) electrons. The number of hydrogen-bond acceptors (Lipinski definition) is 3. The fourth-order valence-corrected chi connectivity index (χ4v) is 2.26. The zero-order chi connectivity index (χ0) is 13.1. The largest absolute Gasteiger partial charge is 0.483 e. The van der Waals surface area contributed by atoms with Gasteiger partial charge >= 0.3 is 0 Å². The maximum atomic E-state index is 11.5. The van der Waals surface area contributed by atoms with Gasteiger partial charge < -0.3 is 15.4 Å². The number of carbonyl (C=O) groups is 1. The molecule has 0 bridgehead atoms. The van der Waals surface area contributed by atoms with Gasteiger partial charge in [0.2, 0.25) is 0 Å². The average Bonchev–Trinajstić information content (AvgIpc) is 2.36. The molecule has 4 heteroatoms. The Morgan fingerprint density at radius 1 is 1.50 bits per heavy atom. The number of carbonyl (C=O) groups excluding carboxylic acids is 1. The summed E-state index contributed by atoms with van der Waals surface area (Å²) in [4.78, 5) is 13.1. The number of nitrogens with zero attached hydrogens (tertiary/aromatic N) is 1. The van der Waals surface area contributed by atoms with Crippen LogP contribution in [0.3, 0.4) is 0 Å². The molecular formula is C14H20N2O2. The zero-order valence-corrected chi connectivity index (χ0v) is 11.0. The lowest BCUT2D eigenvalue weighted by Gasteiger charge is -2.24. The minimum absolute atomic E-state index is 0.0345. The molecule has 2 rings (SSSR count). The Hall–Kier alpha value is -1.55. The van der Waals surface area contributed by atoms with Gasteiger partial charge in [-0.2, -0.15) is 0 Å². The van der Waals surface area contributed by atoms with E-state index in [0.29, 0.717) is 0 Å². The Balaban J connectivity index is 2.14. The first kappa shape index (κ1) is 12.9. The number of benzene rings is 1. The summed E-state index contributed by atoms with van der Waals surface area (Å²) in [6, 6.07) is 6.01. The third-order valence-electron chi connectivity index (χ3n) is 3.36. The van der Waals surface area contributed by atoms with Crippen molar-refractivity contribution in [1.29, 1.82) is 0 Å². The van der Waals surface area contributed by atoms with Crippen molar-refractivity contribution in [2.24, 2.45) is 5.73 Å². The Morgan fingerprint density at radius 3 is 3.00 bits per heavy atom. The first-order chi connectivity index (χ1) is 8.59. The molecule has 0 saturated carbocycles. The minimum Gasteiger partial charge on any atom is -0.483 e. The van der Waals surface area contributed by atoms with Crippen molar-refractivity contribution in [1.82, 2.24) is 4.90 Å². The van der Waals surface area contributed by atoms with Crippen molar-refractivity contribution in [2.45, 2.75) is 25.3 Å². The van der Waals surface area contributed by atoms with Gasteiger partial charge in [0.1, 0.15) is 5.75 Å². The lowest BCUT2D eigenvalue weighted by molar-refractivity contribution is -0.130. The van der Waals surface area contributed by atoms with Crippen LogP contribution in [0.1, 0.15) is 30.0 Å². The second-order valence-corrected chi connectivity index (χ2v) is 4.90. The van der Waals surface area contributed by atoms with Crippen molar-refractivity contribution in [3.05, 3.63) is 29.3 Å². The zero-order valence-electron chi connectivity index (χ0n) is 11.0. The number of likely N-dealkylation sites (N-methyl/N-ethyl adjacent to an activating group) is 1. The molecule has 1 amide bonds. The van der Waals surface area contributed by atoms with Crippen LogP contribution in [0.15, 0.2) is 18.2 Å². The highest BCUT2D eigenvalue weighted by Gasteiger charge is 2.20. The number of rotatable bonds is 3. The molecule has 0 fully saturated rings. The predicted molar refractivity (Wildman–Crippen MR) is 70.5 cm³/mol. The van der Waals surface area contributed by atoms with Crippen LogP contribution >= 0.6 is 0 Å². The highest BCUT2D eigenvalue weighted by Crippen LogP contribution is 2.33. The Labute approximate surface area is 108 Å². The van der Waals surface area contributed by atoms with Gasteiger partial charge in [-0.3, -0.25) is 4.79 Å². The maximum Gasteiger partial charge on any atom is 0.259 e. The molecule has 1 aromatic rings. The third-order valence-corrected chi connectivity index (χ3v) is 3.36. The van der Waals surface area contributed by atoms with Crippen molar-refractivity contribution >= 4 is 5.91 Å². The number of nitrogens with two attached hydrogens (primary N) is 1. The molecule has 1 aliphatic carbocycles. The SMILES string of the molecule is CN(C)C(=O)COc1cccc2c1CCCC2N. The fourth-order valence-electron chi connectivity index (χ4n) is 2.26. The van der Waals surface area contributed by atoms with Crippen LogP contribution in [0.5, 0.6) is 5.75 Å². The number of amides is 1. The monoisotopic (exact) mass is 248 g/mol. The van der Waals surface area contributed by atoms with Gasteiger partial charge in [-0.15, -0.1) is 0 Å². The molecule has 18 heavy (non-hydrogen) atoms. The van der Waals surface area contributed by atoms with E-state index in [1.165, 1.54) is 10.5 Å². The number of hydrogen-bond donors (Lipinski definition) is 1. The molecule has 0 heterocycles. The van der Waals surface area contributed by atoms with E-state index in [1.807, 2.05) is 12.1 Å². The van der Waals surface area contributed by atoms with Gasteiger partial charge in [-0.05, 0) is 36.5 Å². The van der Waals surface area contributed by atoms with Gasteiger partial charge in [-0.25, -0.2) is 0 Å². The van der Waals surface area contributed by atoms with E-state index in [2.05, 4.69) is 6.07 Å². The predicted octanol–water partition coefficient (Wildman–Crippen LogP) is 1.49. The van der Waals surface area contributed by atoms with E-state index in [9.17, 15) is 4.79 Å². The molecule has 0 aliphatic heterocycles. The van der Waals surface area contributed by atoms with E-state index in [4.69, 9.17) is 10.5 Å². The second-order valence-electron chi connectivity index (χ2n) is 4.90. The lowest BCUT2D eigenvalue weighted by Crippen LogP contribution is -2.28. The van der Waals surface area contributed by atoms with E-state index >= 15 is 0 Å². The molecule has 1 unspecified atom stereocenters. The lowest BCUT2D eigenvalue weighted by atomic mass is 9.88. The van der Waals surface area contributed by atoms with Crippen LogP contribution < -0.4 is 10.5 Å². The highest BCUT2D eigenvalue weighted by atomic mass is 16.5. The van der Waals surface area contributed by atoms with Gasteiger partial charge in [0.25, 0.3) is 5.91 Å². The van der Waals surface area contributed by atoms with Gasteiger partial charge in [0.05, 0.1) is 0 Å². The molecule has 1 aliphatic rings. The molecule has 0 saturated heterocycles. The van der Waals surface area contributed by atoms with Crippen LogP contribution in [0.2, 0.25) is 0 Å². The first-order valence-corrected chi connectivity index (χ1v) is 6.30. The van der Waals surface area contributed by atoms with Crippen LogP contribution in [0.4, 0.5) is 0 Å². The second kappa shape index (κ2) is 5.40. The highest BCUT2D eigenvalue weighted by molar-refractivity contribution is 5.77. The molecule has 2 N–H and O–H groups in total. The average molecular weight is 248 g/mol. The Morgan fingerprint density at radius 2 is 2.28 bits per heavy atom. The Bertz CT molecular complexity index is 443. The van der Waals surface area contributed by atoms with E-state index < -0.39 is 0 Å². The van der Waals surface area contributed by atoms with Crippen LogP contribution in [0, 0.1) is 0 Å². The van der Waals surface area contributed by atoms with Gasteiger partial charge in [0, 0.05) is 20.1 Å². The topological polar surface area (TPSA) is 55.6 Å². The van der Waals surface area contributed by atoms with E-state index in [0.717, 1.165) is 30.6 Å². The fraction of sp³-hybridized carbons (Fsp3) is 0.500. The summed E-state index contributed by atoms with van der Waals surface area (Å²) in [5.41, 5.74) is 8.42. The standard InChI is InChI=1S/C14H20N2O2/c1-16(2)14(17)9-18-13-8-4-5-10-11(13)6-3-7-12(10)15/h4-5,8,12H,3,6-7,9,15H2,1-2H3. The summed E-state index contributed by atoms with van der Waals surface area (Å²) < 4.78 is 5.63.